The summed E-state index contributed by atoms with van der Waals surface area (Å²) in [5.41, 5.74) is 0. The summed E-state index contributed by atoms with van der Waals surface area (Å²) < 4.78 is 29.5. The molecule has 0 aliphatic rings. The van der Waals surface area contributed by atoms with Gasteiger partial charge in [-0.05, 0) is 0 Å². The first-order chi connectivity index (χ1) is 2.00. The molecule has 48 valence electrons. The summed E-state index contributed by atoms with van der Waals surface area (Å²) in [6.45, 7) is 0. The molecule has 5 nitrogen and oxygen atoms in total. The maximum atomic E-state index is 7.38. The van der Waals surface area contributed by atoms with Crippen molar-refractivity contribution >= 4 is 0 Å². The van der Waals surface area contributed by atoms with Crippen molar-refractivity contribution in [2.75, 3.05) is 0 Å². The van der Waals surface area contributed by atoms with Crippen LogP contribution in [-0.4, -0.2) is 20.2 Å². The molecule has 0 rings (SSSR count). The first-order valence-corrected chi connectivity index (χ1v) is 3.69. The van der Waals surface area contributed by atoms with Crippen LogP contribution in [0.5, 0.6) is 0 Å². The van der Waals surface area contributed by atoms with E-state index in [4.69, 9.17) is 14.8 Å². The van der Waals surface area contributed by atoms with Gasteiger partial charge >= 0.3 is 32.9 Å². The second kappa shape index (κ2) is 5.18. The van der Waals surface area contributed by atoms with E-state index in [0.29, 0.717) is 0 Å². The summed E-state index contributed by atoms with van der Waals surface area (Å²) in [4.78, 5) is 0. The Morgan fingerprint density at radius 1 is 0.857 bits per heavy atom. The Morgan fingerprint density at radius 2 is 0.857 bits per heavy atom. The zero-order valence-corrected chi connectivity index (χ0v) is 5.81. The van der Waals surface area contributed by atoms with Crippen LogP contribution in [0.4, 0.5) is 0 Å². The van der Waals surface area contributed by atoms with Crippen LogP contribution in [0.15, 0.2) is 0 Å². The van der Waals surface area contributed by atoms with Gasteiger partial charge in [0.15, 0.2) is 0 Å². The molecule has 0 aromatic carbocycles. The number of rotatable bonds is 0. The van der Waals surface area contributed by atoms with Gasteiger partial charge in [-0.3, -0.25) is 0 Å². The van der Waals surface area contributed by atoms with Crippen molar-refractivity contribution in [2.24, 2.45) is 0 Å². The van der Waals surface area contributed by atoms with Crippen molar-refractivity contribution in [3.8, 4) is 0 Å². The van der Waals surface area contributed by atoms with Crippen molar-refractivity contribution in [3.05, 3.63) is 0 Å². The van der Waals surface area contributed by atoms with E-state index in [-0.39, 0.29) is 22.5 Å². The third kappa shape index (κ3) is 167. The molecule has 0 unspecified atom stereocenters. The molecule has 0 spiro atoms. The van der Waals surface area contributed by atoms with Crippen LogP contribution in [0.3, 0.4) is 0 Å². The normalized spacial score (nSPS) is 8.57. The van der Waals surface area contributed by atoms with E-state index < -0.39 is 18.1 Å². The standard InChI is InChI=1S/Fe.5H2O.Ti/h;5*1H2;/q;;;;;;+4/p-4. The molecular formula is H6FeO5Ti. The van der Waals surface area contributed by atoms with Crippen molar-refractivity contribution in [1.82, 2.24) is 0 Å². The van der Waals surface area contributed by atoms with Gasteiger partial charge in [0.1, 0.15) is 0 Å². The average molecular weight is 190 g/mol. The Labute approximate surface area is 55.6 Å². The Morgan fingerprint density at radius 3 is 0.857 bits per heavy atom. The molecule has 7 heteroatoms. The molecule has 0 radical (unpaired) electrons. The molecule has 7 heavy (non-hydrogen) atoms. The van der Waals surface area contributed by atoms with Gasteiger partial charge in [-0.1, -0.05) is 0 Å². The topological polar surface area (TPSA) is 112 Å². The summed E-state index contributed by atoms with van der Waals surface area (Å²) in [7, 11) is 0. The third-order valence-corrected chi connectivity index (χ3v) is 0. The first kappa shape index (κ1) is 15.7. The van der Waals surface area contributed by atoms with Crippen LogP contribution >= 0.6 is 0 Å². The molecule has 0 fully saturated rings. The van der Waals surface area contributed by atoms with Crippen LogP contribution in [0.1, 0.15) is 0 Å². The van der Waals surface area contributed by atoms with Crippen molar-refractivity contribution in [1.29, 1.82) is 0 Å². The minimum absolute atomic E-state index is 0. The van der Waals surface area contributed by atoms with Crippen molar-refractivity contribution < 1.29 is 55.4 Å². The molecule has 6 N–H and O–H groups in total. The fourth-order valence-corrected chi connectivity index (χ4v) is 0. The molecule has 0 aliphatic heterocycles. The van der Waals surface area contributed by atoms with Gasteiger partial charge < -0.3 is 5.48 Å². The summed E-state index contributed by atoms with van der Waals surface area (Å²) in [5, 5.41) is 0. The van der Waals surface area contributed by atoms with Gasteiger partial charge in [0.05, 0.1) is 0 Å². The maximum absolute atomic E-state index is 7.38. The van der Waals surface area contributed by atoms with Crippen LogP contribution in [0.25, 0.3) is 0 Å². The molecule has 0 aromatic rings. The van der Waals surface area contributed by atoms with Gasteiger partial charge in [-0.25, -0.2) is 0 Å². The van der Waals surface area contributed by atoms with E-state index in [0.717, 1.165) is 0 Å². The van der Waals surface area contributed by atoms with Gasteiger partial charge in [-0.15, -0.1) is 0 Å². The molecule has 0 bridgehead atoms. The Balaban J connectivity index is -0.0000000800. The third-order valence-electron chi connectivity index (χ3n) is 0. The summed E-state index contributed by atoms with van der Waals surface area (Å²) in [5.74, 6) is 0. The first-order valence-electron chi connectivity index (χ1n) is 0.894. The fourth-order valence-electron chi connectivity index (χ4n) is 0. The molecule has 0 aromatic heterocycles. The molecule has 0 saturated carbocycles. The van der Waals surface area contributed by atoms with Crippen LogP contribution < -0.4 is 0 Å². The minimum atomic E-state index is -5.00. The number of hydrogen-bond acceptors (Lipinski definition) is 4. The SMILES string of the molecule is O.[Fe].[OH][Ti]([OH])([OH])[OH]. The van der Waals surface area contributed by atoms with E-state index in [1.807, 2.05) is 0 Å². The predicted octanol–water partition coefficient (Wildman–Crippen LogP) is -3.06. The van der Waals surface area contributed by atoms with Crippen LogP contribution in [-0.2, 0) is 35.2 Å². The Bertz CT molecular complexity index is 23.6. The predicted molar refractivity (Wildman–Crippen MR) is 12.5 cm³/mol. The second-order valence-corrected chi connectivity index (χ2v) is 2.47. The molecular weight excluding hydrogens is 184 g/mol. The molecule has 0 amide bonds. The monoisotopic (exact) mass is 190 g/mol. The van der Waals surface area contributed by atoms with E-state index in [1.54, 1.807) is 0 Å². The van der Waals surface area contributed by atoms with Crippen molar-refractivity contribution in [2.45, 2.75) is 0 Å². The molecule has 0 heterocycles. The zero-order valence-electron chi connectivity index (χ0n) is 3.14. The van der Waals surface area contributed by atoms with Crippen molar-refractivity contribution in [3.63, 3.8) is 0 Å². The second-order valence-electron chi connectivity index (χ2n) is 0.600. The Kier molecular flexibility index (Phi) is 11.6. The van der Waals surface area contributed by atoms with E-state index in [2.05, 4.69) is 0 Å². The van der Waals surface area contributed by atoms with E-state index >= 15 is 0 Å². The van der Waals surface area contributed by atoms with E-state index in [9.17, 15) is 0 Å². The van der Waals surface area contributed by atoms with Crippen LogP contribution in [0, 0.1) is 0 Å². The van der Waals surface area contributed by atoms with Gasteiger partial charge in [0.25, 0.3) is 0 Å². The van der Waals surface area contributed by atoms with E-state index in [1.165, 1.54) is 0 Å². The zero-order chi connectivity index (χ0) is 4.50. The van der Waals surface area contributed by atoms with Crippen LogP contribution in [0.2, 0.25) is 0 Å². The molecule has 0 saturated heterocycles. The summed E-state index contributed by atoms with van der Waals surface area (Å²) in [6, 6.07) is 0. The summed E-state index contributed by atoms with van der Waals surface area (Å²) in [6.07, 6.45) is 0. The molecule has 0 atom stereocenters. The average Bonchev–Trinajstić information content (AvgIpc) is 0.722. The molecule has 0 aliphatic carbocycles. The summed E-state index contributed by atoms with van der Waals surface area (Å²) >= 11 is -5.00. The fraction of sp³-hybridized carbons (Fsp3) is 0. The quantitative estimate of drug-likeness (QED) is 0.303. The Hall–Kier alpha value is 1.03. The van der Waals surface area contributed by atoms with Gasteiger partial charge in [0, 0.05) is 17.1 Å². The number of hydrogen-bond donors (Lipinski definition) is 4. The van der Waals surface area contributed by atoms with Gasteiger partial charge in [0.2, 0.25) is 0 Å². The van der Waals surface area contributed by atoms with Gasteiger partial charge in [-0.2, -0.15) is 0 Å².